The van der Waals surface area contributed by atoms with Gasteiger partial charge in [-0.3, -0.25) is 0 Å². The van der Waals surface area contributed by atoms with Gasteiger partial charge in [-0.2, -0.15) is 0 Å². The van der Waals surface area contributed by atoms with Gasteiger partial charge in [0.15, 0.2) is 0 Å². The van der Waals surface area contributed by atoms with Crippen LogP contribution in [0.15, 0.2) is 91.0 Å². The molecule has 0 saturated carbocycles. The first-order valence-electron chi connectivity index (χ1n) is 7.09. The van der Waals surface area contributed by atoms with Gasteiger partial charge in [0.1, 0.15) is 10.5 Å². The Balaban J connectivity index is 2.29. The Labute approximate surface area is 129 Å². The summed E-state index contributed by atoms with van der Waals surface area (Å²) in [7, 11) is -1.62. The van der Waals surface area contributed by atoms with Gasteiger partial charge in [-0.1, -0.05) is 91.0 Å². The van der Waals surface area contributed by atoms with Crippen molar-refractivity contribution in [3.8, 4) is 0 Å². The third kappa shape index (κ3) is 2.51. The van der Waals surface area contributed by atoms with Crippen molar-refractivity contribution in [2.75, 3.05) is 0 Å². The van der Waals surface area contributed by atoms with Crippen LogP contribution in [0.1, 0.15) is 0 Å². The fraction of sp³-hybridized carbons (Fsp3) is 0. The monoisotopic (exact) mass is 306 g/mol. The molecule has 104 valence electrons. The predicted octanol–water partition coefficient (Wildman–Crippen LogP) is 0.950. The molecule has 0 fully saturated rings. The molecular formula is C18H18OSi2. The Kier molecular flexibility index (Phi) is 4.15. The third-order valence-electron chi connectivity index (χ3n) is 3.85. The molecule has 0 amide bonds. The Morgan fingerprint density at radius 2 is 0.810 bits per heavy atom. The van der Waals surface area contributed by atoms with Crippen LogP contribution < -0.4 is 15.6 Å². The van der Waals surface area contributed by atoms with E-state index in [0.717, 1.165) is 0 Å². The van der Waals surface area contributed by atoms with E-state index in [0.29, 0.717) is 10.5 Å². The minimum Gasteiger partial charge on any atom is -0.454 e. The van der Waals surface area contributed by atoms with Crippen LogP contribution in [0.3, 0.4) is 0 Å². The van der Waals surface area contributed by atoms with E-state index >= 15 is 0 Å². The van der Waals surface area contributed by atoms with Gasteiger partial charge in [-0.25, -0.2) is 0 Å². The summed E-state index contributed by atoms with van der Waals surface area (Å²) in [5.74, 6) is 0. The van der Waals surface area contributed by atoms with E-state index < -0.39 is 8.32 Å². The summed E-state index contributed by atoms with van der Waals surface area (Å²) >= 11 is 0. The second-order valence-corrected chi connectivity index (χ2v) is 9.71. The normalized spacial score (nSPS) is 11.4. The molecule has 0 spiro atoms. The second-order valence-electron chi connectivity index (χ2n) is 4.98. The molecule has 0 heterocycles. The summed E-state index contributed by atoms with van der Waals surface area (Å²) in [6.45, 7) is 0. The Hall–Kier alpha value is -1.95. The highest BCUT2D eigenvalue weighted by Crippen LogP contribution is 2.07. The first-order valence-corrected chi connectivity index (χ1v) is 9.82. The largest absolute Gasteiger partial charge is 0.454 e. The fourth-order valence-corrected chi connectivity index (χ4v) is 8.69. The van der Waals surface area contributed by atoms with Gasteiger partial charge in [0.05, 0.1) is 0 Å². The summed E-state index contributed by atoms with van der Waals surface area (Å²) < 4.78 is 6.37. The summed E-state index contributed by atoms with van der Waals surface area (Å²) in [5, 5.41) is 3.91. The van der Waals surface area contributed by atoms with E-state index in [9.17, 15) is 0 Å². The zero-order chi connectivity index (χ0) is 14.5. The van der Waals surface area contributed by atoms with E-state index in [2.05, 4.69) is 91.0 Å². The van der Waals surface area contributed by atoms with Crippen molar-refractivity contribution < 1.29 is 4.12 Å². The van der Waals surface area contributed by atoms with Crippen LogP contribution in [0.2, 0.25) is 0 Å². The lowest BCUT2D eigenvalue weighted by molar-refractivity contribution is 0.643. The smallest absolute Gasteiger partial charge is 0.277 e. The highest BCUT2D eigenvalue weighted by molar-refractivity contribution is 7.08. The van der Waals surface area contributed by atoms with Crippen molar-refractivity contribution >= 4 is 34.4 Å². The fourth-order valence-electron chi connectivity index (χ4n) is 2.87. The maximum atomic E-state index is 6.37. The van der Waals surface area contributed by atoms with E-state index in [1.165, 1.54) is 15.6 Å². The van der Waals surface area contributed by atoms with E-state index in [1.54, 1.807) is 0 Å². The third-order valence-corrected chi connectivity index (χ3v) is 9.74. The van der Waals surface area contributed by atoms with E-state index in [4.69, 9.17) is 4.12 Å². The standard InChI is InChI=1S/C18H18OSi2/c20-19-21(16-10-4-1-5-11-16,17-12-6-2-7-13-17)18-14-8-3-9-15-18/h1-15H,20H3. The summed E-state index contributed by atoms with van der Waals surface area (Å²) in [5.41, 5.74) is 0. The van der Waals surface area contributed by atoms with Crippen LogP contribution >= 0.6 is 0 Å². The molecule has 0 saturated heterocycles. The van der Waals surface area contributed by atoms with Gasteiger partial charge in [-0.15, -0.1) is 0 Å². The van der Waals surface area contributed by atoms with Crippen molar-refractivity contribution in [1.82, 2.24) is 0 Å². The molecular weight excluding hydrogens is 288 g/mol. The molecule has 0 radical (unpaired) electrons. The van der Waals surface area contributed by atoms with Crippen LogP contribution in [-0.4, -0.2) is 18.8 Å². The van der Waals surface area contributed by atoms with Crippen LogP contribution in [0.5, 0.6) is 0 Å². The SMILES string of the molecule is [SiH3]O[Si](c1ccccc1)(c1ccccc1)c1ccccc1. The van der Waals surface area contributed by atoms with Crippen LogP contribution in [0, 0.1) is 0 Å². The van der Waals surface area contributed by atoms with Gasteiger partial charge >= 0.3 is 0 Å². The molecule has 0 N–H and O–H groups in total. The molecule has 0 bridgehead atoms. The van der Waals surface area contributed by atoms with Crippen LogP contribution in [0.25, 0.3) is 0 Å². The molecule has 3 heteroatoms. The first-order chi connectivity index (χ1) is 10.4. The summed E-state index contributed by atoms with van der Waals surface area (Å²) in [4.78, 5) is 0. The van der Waals surface area contributed by atoms with Crippen molar-refractivity contribution in [1.29, 1.82) is 0 Å². The minimum atomic E-state index is -2.34. The average Bonchev–Trinajstić information content (AvgIpc) is 2.59. The average molecular weight is 307 g/mol. The van der Waals surface area contributed by atoms with Crippen molar-refractivity contribution in [3.05, 3.63) is 91.0 Å². The maximum absolute atomic E-state index is 6.37. The molecule has 0 unspecified atom stereocenters. The number of benzene rings is 3. The number of rotatable bonds is 4. The highest BCUT2D eigenvalue weighted by atomic mass is 28.4. The molecule has 0 aliphatic carbocycles. The minimum absolute atomic E-state index is 0.712. The van der Waals surface area contributed by atoms with Crippen molar-refractivity contribution in [3.63, 3.8) is 0 Å². The van der Waals surface area contributed by atoms with Gasteiger partial charge in [0.25, 0.3) is 8.32 Å². The van der Waals surface area contributed by atoms with Gasteiger partial charge in [0, 0.05) is 0 Å². The lowest BCUT2D eigenvalue weighted by atomic mass is 10.3. The van der Waals surface area contributed by atoms with Crippen LogP contribution in [-0.2, 0) is 4.12 Å². The molecule has 0 aliphatic rings. The molecule has 0 aliphatic heterocycles. The van der Waals surface area contributed by atoms with E-state index in [-0.39, 0.29) is 0 Å². The zero-order valence-corrected chi connectivity index (χ0v) is 15.1. The Morgan fingerprint density at radius 1 is 0.524 bits per heavy atom. The Bertz CT molecular complexity index is 588. The second kappa shape index (κ2) is 6.22. The number of hydrogen-bond acceptors (Lipinski definition) is 1. The molecule has 0 atom stereocenters. The van der Waals surface area contributed by atoms with Crippen molar-refractivity contribution in [2.45, 2.75) is 0 Å². The van der Waals surface area contributed by atoms with Gasteiger partial charge < -0.3 is 4.12 Å². The van der Waals surface area contributed by atoms with Gasteiger partial charge in [-0.05, 0) is 15.6 Å². The Morgan fingerprint density at radius 3 is 1.05 bits per heavy atom. The van der Waals surface area contributed by atoms with E-state index in [1.807, 2.05) is 0 Å². The lowest BCUT2D eigenvalue weighted by Crippen LogP contribution is -2.69. The topological polar surface area (TPSA) is 9.23 Å². The molecule has 21 heavy (non-hydrogen) atoms. The molecule has 3 aromatic carbocycles. The van der Waals surface area contributed by atoms with Crippen LogP contribution in [0.4, 0.5) is 0 Å². The summed E-state index contributed by atoms with van der Waals surface area (Å²) in [6, 6.07) is 32.0. The molecule has 0 aromatic heterocycles. The zero-order valence-electron chi connectivity index (χ0n) is 12.1. The molecule has 1 nitrogen and oxygen atoms in total. The maximum Gasteiger partial charge on any atom is 0.277 e. The van der Waals surface area contributed by atoms with Crippen molar-refractivity contribution in [2.24, 2.45) is 0 Å². The molecule has 3 rings (SSSR count). The molecule has 3 aromatic rings. The van der Waals surface area contributed by atoms with Gasteiger partial charge in [0.2, 0.25) is 0 Å². The lowest BCUT2D eigenvalue weighted by Gasteiger charge is -2.32. The highest BCUT2D eigenvalue weighted by Gasteiger charge is 2.39. The first kappa shape index (κ1) is 14.0. The number of hydrogen-bond donors (Lipinski definition) is 0. The quantitative estimate of drug-likeness (QED) is 0.515. The summed E-state index contributed by atoms with van der Waals surface area (Å²) in [6.07, 6.45) is 0. The predicted molar refractivity (Wildman–Crippen MR) is 95.0 cm³/mol.